The lowest BCUT2D eigenvalue weighted by Gasteiger charge is -1.97. The average Bonchev–Trinajstić information content (AvgIpc) is 3.03. The van der Waals surface area contributed by atoms with E-state index in [-0.39, 0.29) is 0 Å². The molecule has 1 aliphatic rings. The predicted molar refractivity (Wildman–Crippen MR) is 60.4 cm³/mol. The van der Waals surface area contributed by atoms with E-state index in [2.05, 4.69) is 11.3 Å². The number of unbranched alkanes of at least 4 members (excludes halogenated alkanes) is 6. The summed E-state index contributed by atoms with van der Waals surface area (Å²) in [6.45, 7) is 6.03. The molecule has 0 aliphatic carbocycles. The topological polar surface area (TPSA) is 32.8 Å². The molecule has 1 aliphatic heterocycles. The maximum absolute atomic E-state index is 8.49. The van der Waals surface area contributed by atoms with Crippen molar-refractivity contribution in [3.8, 4) is 0 Å². The second-order valence-corrected chi connectivity index (χ2v) is 3.53. The van der Waals surface area contributed by atoms with Gasteiger partial charge in [0.1, 0.15) is 0 Å². The van der Waals surface area contributed by atoms with Gasteiger partial charge in [-0.25, -0.2) is 0 Å². The van der Waals surface area contributed by atoms with Crippen LogP contribution in [0, 0.1) is 0 Å². The molecule has 0 radical (unpaired) electrons. The number of ether oxygens (including phenoxy) is 1. The third-order valence-corrected chi connectivity index (χ3v) is 2.02. The van der Waals surface area contributed by atoms with Crippen molar-refractivity contribution < 1.29 is 9.84 Å². The molecular formula is C12H24O2. The van der Waals surface area contributed by atoms with Gasteiger partial charge in [0.05, 0.1) is 13.2 Å². The molecule has 0 aromatic heterocycles. The fourth-order valence-corrected chi connectivity index (χ4v) is 1.11. The second kappa shape index (κ2) is 12.7. The summed E-state index contributed by atoms with van der Waals surface area (Å²) < 4.78 is 4.50. The zero-order valence-corrected chi connectivity index (χ0v) is 9.21. The Labute approximate surface area is 88.0 Å². The fourth-order valence-electron chi connectivity index (χ4n) is 1.11. The normalized spacial score (nSPS) is 12.9. The molecule has 1 heterocycles. The second-order valence-electron chi connectivity index (χ2n) is 3.53. The summed E-state index contributed by atoms with van der Waals surface area (Å²) in [5.41, 5.74) is 0. The van der Waals surface area contributed by atoms with Crippen LogP contribution < -0.4 is 0 Å². The molecule has 0 aromatic carbocycles. The highest BCUT2D eigenvalue weighted by Crippen LogP contribution is 2.06. The molecule has 2 heteroatoms. The Bertz CT molecular complexity index is 108. The van der Waals surface area contributed by atoms with Gasteiger partial charge in [0.15, 0.2) is 0 Å². The molecule has 84 valence electrons. The van der Waals surface area contributed by atoms with Gasteiger partial charge in [-0.15, -0.1) is 6.58 Å². The van der Waals surface area contributed by atoms with E-state index in [4.69, 9.17) is 5.11 Å². The van der Waals surface area contributed by atoms with Gasteiger partial charge >= 0.3 is 0 Å². The van der Waals surface area contributed by atoms with Crippen LogP contribution in [0.5, 0.6) is 0 Å². The SMILES string of the molecule is C1CO1.C=CCCCCCCCCO. The molecule has 0 atom stereocenters. The molecule has 2 nitrogen and oxygen atoms in total. The highest BCUT2D eigenvalue weighted by molar-refractivity contribution is 4.65. The number of rotatable bonds is 8. The Balaban J connectivity index is 0.000000469. The van der Waals surface area contributed by atoms with Crippen molar-refractivity contribution in [2.75, 3.05) is 19.8 Å². The van der Waals surface area contributed by atoms with Crippen LogP contribution in [0.15, 0.2) is 12.7 Å². The van der Waals surface area contributed by atoms with Crippen LogP contribution in [0.4, 0.5) is 0 Å². The molecule has 0 saturated carbocycles. The van der Waals surface area contributed by atoms with Gasteiger partial charge in [0.2, 0.25) is 0 Å². The van der Waals surface area contributed by atoms with E-state index in [9.17, 15) is 0 Å². The summed E-state index contributed by atoms with van der Waals surface area (Å²) in [5.74, 6) is 0. The Morgan fingerprint density at radius 2 is 1.50 bits per heavy atom. The Kier molecular flexibility index (Phi) is 12.4. The first kappa shape index (κ1) is 13.7. The van der Waals surface area contributed by atoms with E-state index in [0.717, 1.165) is 26.1 Å². The Morgan fingerprint density at radius 3 is 1.93 bits per heavy atom. The van der Waals surface area contributed by atoms with Gasteiger partial charge in [-0.3, -0.25) is 0 Å². The van der Waals surface area contributed by atoms with Gasteiger partial charge in [-0.05, 0) is 19.3 Å². The number of epoxide rings is 1. The van der Waals surface area contributed by atoms with Crippen molar-refractivity contribution in [3.05, 3.63) is 12.7 Å². The van der Waals surface area contributed by atoms with E-state index < -0.39 is 0 Å². The van der Waals surface area contributed by atoms with E-state index in [1.165, 1.54) is 32.1 Å². The highest BCUT2D eigenvalue weighted by atomic mass is 16.6. The summed E-state index contributed by atoms with van der Waals surface area (Å²) in [4.78, 5) is 0. The van der Waals surface area contributed by atoms with Crippen molar-refractivity contribution in [1.29, 1.82) is 0 Å². The monoisotopic (exact) mass is 200 g/mol. The summed E-state index contributed by atoms with van der Waals surface area (Å²) in [6, 6.07) is 0. The summed E-state index contributed by atoms with van der Waals surface area (Å²) in [6.07, 6.45) is 10.5. The number of hydrogen-bond donors (Lipinski definition) is 1. The molecule has 0 unspecified atom stereocenters. The fraction of sp³-hybridized carbons (Fsp3) is 0.833. The van der Waals surface area contributed by atoms with Crippen LogP contribution in [0.2, 0.25) is 0 Å². The summed E-state index contributed by atoms with van der Waals surface area (Å²) in [7, 11) is 0. The molecule has 1 N–H and O–H groups in total. The first-order valence-electron chi connectivity index (χ1n) is 5.71. The molecular weight excluding hydrogens is 176 g/mol. The van der Waals surface area contributed by atoms with Crippen molar-refractivity contribution in [1.82, 2.24) is 0 Å². The molecule has 0 amide bonds. The standard InChI is InChI=1S/C10H20O.C2H4O/c1-2-3-4-5-6-7-8-9-10-11;1-2-3-1/h2,11H,1,3-10H2;1-2H2. The number of allylic oxidation sites excluding steroid dienone is 1. The Morgan fingerprint density at radius 1 is 1.00 bits per heavy atom. The zero-order chi connectivity index (χ0) is 10.5. The van der Waals surface area contributed by atoms with Gasteiger partial charge in [0, 0.05) is 6.61 Å². The van der Waals surface area contributed by atoms with Crippen LogP contribution in [-0.4, -0.2) is 24.9 Å². The van der Waals surface area contributed by atoms with Crippen LogP contribution in [0.25, 0.3) is 0 Å². The molecule has 14 heavy (non-hydrogen) atoms. The van der Waals surface area contributed by atoms with Gasteiger partial charge in [-0.1, -0.05) is 31.8 Å². The van der Waals surface area contributed by atoms with Crippen LogP contribution in [-0.2, 0) is 4.74 Å². The van der Waals surface area contributed by atoms with Crippen molar-refractivity contribution >= 4 is 0 Å². The first-order chi connectivity index (χ1) is 6.91. The number of aliphatic hydroxyl groups excluding tert-OH is 1. The van der Waals surface area contributed by atoms with Crippen LogP contribution in [0.1, 0.15) is 44.9 Å². The predicted octanol–water partition coefficient (Wildman–Crippen LogP) is 2.91. The average molecular weight is 200 g/mol. The summed E-state index contributed by atoms with van der Waals surface area (Å²) in [5, 5.41) is 8.49. The number of hydrogen-bond acceptors (Lipinski definition) is 2. The molecule has 0 bridgehead atoms. The smallest absolute Gasteiger partial charge is 0.0701 e. The molecule has 1 saturated heterocycles. The van der Waals surface area contributed by atoms with Gasteiger partial charge in [-0.2, -0.15) is 0 Å². The molecule has 1 rings (SSSR count). The lowest BCUT2D eigenvalue weighted by Crippen LogP contribution is -1.83. The molecule has 0 aromatic rings. The first-order valence-corrected chi connectivity index (χ1v) is 5.71. The van der Waals surface area contributed by atoms with E-state index >= 15 is 0 Å². The van der Waals surface area contributed by atoms with Crippen LogP contribution >= 0.6 is 0 Å². The van der Waals surface area contributed by atoms with Crippen LogP contribution in [0.3, 0.4) is 0 Å². The largest absolute Gasteiger partial charge is 0.396 e. The van der Waals surface area contributed by atoms with E-state index in [1.807, 2.05) is 6.08 Å². The van der Waals surface area contributed by atoms with Crippen molar-refractivity contribution in [3.63, 3.8) is 0 Å². The van der Waals surface area contributed by atoms with Crippen molar-refractivity contribution in [2.24, 2.45) is 0 Å². The third kappa shape index (κ3) is 17.7. The van der Waals surface area contributed by atoms with Crippen molar-refractivity contribution in [2.45, 2.75) is 44.9 Å². The maximum Gasteiger partial charge on any atom is 0.0701 e. The zero-order valence-electron chi connectivity index (χ0n) is 9.21. The molecule has 0 spiro atoms. The van der Waals surface area contributed by atoms with E-state index in [1.54, 1.807) is 0 Å². The highest BCUT2D eigenvalue weighted by Gasteiger charge is 1.94. The summed E-state index contributed by atoms with van der Waals surface area (Å²) >= 11 is 0. The van der Waals surface area contributed by atoms with Gasteiger partial charge in [0.25, 0.3) is 0 Å². The maximum atomic E-state index is 8.49. The minimum absolute atomic E-state index is 0.354. The van der Waals surface area contributed by atoms with E-state index in [0.29, 0.717) is 6.61 Å². The molecule has 1 fully saturated rings. The van der Waals surface area contributed by atoms with Gasteiger partial charge < -0.3 is 9.84 Å². The minimum atomic E-state index is 0.354. The minimum Gasteiger partial charge on any atom is -0.396 e. The lowest BCUT2D eigenvalue weighted by molar-refractivity contribution is 0.282. The Hall–Kier alpha value is -0.340. The number of aliphatic hydroxyl groups is 1. The lowest BCUT2D eigenvalue weighted by atomic mass is 10.1. The third-order valence-electron chi connectivity index (χ3n) is 2.02. The quantitative estimate of drug-likeness (QED) is 0.371.